The zero-order chi connectivity index (χ0) is 23.8. The van der Waals surface area contributed by atoms with E-state index in [1.165, 1.54) is 0 Å². The number of hydrazine groups is 1. The van der Waals surface area contributed by atoms with E-state index in [-0.39, 0.29) is 12.0 Å². The number of aryl methyl sites for hydroxylation is 2. The van der Waals surface area contributed by atoms with E-state index in [1.807, 2.05) is 44.2 Å². The molecule has 0 spiro atoms. The fourth-order valence-electron chi connectivity index (χ4n) is 4.42. The summed E-state index contributed by atoms with van der Waals surface area (Å²) in [5.41, 5.74) is 8.27. The van der Waals surface area contributed by atoms with Crippen molar-refractivity contribution in [2.75, 3.05) is 0 Å². The monoisotopic (exact) mass is 453 g/mol. The van der Waals surface area contributed by atoms with Crippen LogP contribution in [-0.2, 0) is 17.9 Å². The third-order valence-electron chi connectivity index (χ3n) is 6.01. The first kappa shape index (κ1) is 21.4. The Balaban J connectivity index is 1.38. The number of imidazole rings is 1. The number of amides is 2. The summed E-state index contributed by atoms with van der Waals surface area (Å²) in [6.45, 7) is 4.69. The quantitative estimate of drug-likeness (QED) is 0.322. The van der Waals surface area contributed by atoms with Gasteiger partial charge < -0.3 is 9.13 Å². The van der Waals surface area contributed by atoms with Crippen LogP contribution >= 0.6 is 0 Å². The minimum atomic E-state index is -0.437. The fraction of sp³-hybridized carbons (Fsp3) is 0.154. The second-order valence-corrected chi connectivity index (χ2v) is 8.06. The molecule has 0 aliphatic rings. The third kappa shape index (κ3) is 3.59. The third-order valence-corrected chi connectivity index (χ3v) is 6.01. The van der Waals surface area contributed by atoms with Gasteiger partial charge in [0.05, 0.1) is 22.1 Å². The number of fused-ring (bicyclic) bond motifs is 3. The summed E-state index contributed by atoms with van der Waals surface area (Å²) in [6, 6.07) is 19.6. The van der Waals surface area contributed by atoms with Gasteiger partial charge in [0.1, 0.15) is 12.4 Å². The minimum absolute atomic E-state index is 0.0687. The Labute approximate surface area is 194 Å². The van der Waals surface area contributed by atoms with Crippen LogP contribution in [0.25, 0.3) is 32.8 Å². The van der Waals surface area contributed by atoms with Crippen molar-refractivity contribution < 1.29 is 9.59 Å². The number of pyridine rings is 1. The molecule has 34 heavy (non-hydrogen) atoms. The molecule has 0 aliphatic heterocycles. The van der Waals surface area contributed by atoms with Gasteiger partial charge in [-0.3, -0.25) is 25.2 Å². The standard InChI is InChI=1S/C26H23N5O3/c1-3-30-16(2)27-20-14-17(12-13-23(20)30)26(34)29-28-24(32)15-31-21-10-6-4-8-18(21)25(33)19-9-5-7-11-22(19)31/h4-14H,3,15H2,1-2H3,(H,28,32)(H,29,34). The van der Waals surface area contributed by atoms with Crippen LogP contribution in [0.4, 0.5) is 0 Å². The van der Waals surface area contributed by atoms with E-state index in [0.29, 0.717) is 27.4 Å². The van der Waals surface area contributed by atoms with Crippen molar-refractivity contribution in [3.8, 4) is 0 Å². The number of nitrogens with one attached hydrogen (secondary N) is 2. The predicted molar refractivity (Wildman–Crippen MR) is 131 cm³/mol. The SMILES string of the molecule is CCn1c(C)nc2cc(C(=O)NNC(=O)Cn3c4ccccc4c(=O)c4ccccc43)ccc21. The van der Waals surface area contributed by atoms with E-state index < -0.39 is 11.8 Å². The van der Waals surface area contributed by atoms with Gasteiger partial charge in [-0.2, -0.15) is 0 Å². The first-order valence-electron chi connectivity index (χ1n) is 11.0. The molecule has 2 N–H and O–H groups in total. The molecule has 0 saturated carbocycles. The van der Waals surface area contributed by atoms with Crippen molar-refractivity contribution in [1.29, 1.82) is 0 Å². The molecule has 5 aromatic rings. The molecule has 5 rings (SSSR count). The van der Waals surface area contributed by atoms with Crippen LogP contribution in [0.3, 0.4) is 0 Å². The van der Waals surface area contributed by atoms with E-state index in [0.717, 1.165) is 23.4 Å². The van der Waals surface area contributed by atoms with Crippen LogP contribution < -0.4 is 16.3 Å². The first-order chi connectivity index (χ1) is 16.5. The summed E-state index contributed by atoms with van der Waals surface area (Å²) >= 11 is 0. The van der Waals surface area contributed by atoms with Gasteiger partial charge in [0.15, 0.2) is 5.43 Å². The average Bonchev–Trinajstić information content (AvgIpc) is 3.19. The maximum absolute atomic E-state index is 12.9. The number of carbonyl (C=O) groups is 2. The molecule has 3 aromatic carbocycles. The van der Waals surface area contributed by atoms with Gasteiger partial charge in [0.25, 0.3) is 11.8 Å². The summed E-state index contributed by atoms with van der Waals surface area (Å²) in [7, 11) is 0. The smallest absolute Gasteiger partial charge is 0.269 e. The largest absolute Gasteiger partial charge is 0.331 e. The lowest BCUT2D eigenvalue weighted by Crippen LogP contribution is -2.43. The molecule has 0 bridgehead atoms. The molecule has 2 amide bonds. The summed E-state index contributed by atoms with van der Waals surface area (Å²) < 4.78 is 3.84. The molecule has 8 heteroatoms. The summed E-state index contributed by atoms with van der Waals surface area (Å²) in [4.78, 5) is 42.8. The van der Waals surface area contributed by atoms with E-state index >= 15 is 0 Å². The Morgan fingerprint density at radius 3 is 2.15 bits per heavy atom. The average molecular weight is 454 g/mol. The van der Waals surface area contributed by atoms with Crippen LogP contribution in [0.1, 0.15) is 23.1 Å². The second kappa shape index (κ2) is 8.47. The van der Waals surface area contributed by atoms with Crippen molar-refractivity contribution in [2.45, 2.75) is 26.9 Å². The molecule has 0 atom stereocenters. The predicted octanol–water partition coefficient (Wildman–Crippen LogP) is 3.29. The number of nitrogens with zero attached hydrogens (tertiary/aromatic N) is 3. The lowest BCUT2D eigenvalue weighted by Gasteiger charge is -2.15. The normalized spacial score (nSPS) is 11.2. The van der Waals surface area contributed by atoms with Crippen LogP contribution in [0.5, 0.6) is 0 Å². The highest BCUT2D eigenvalue weighted by molar-refractivity contribution is 5.99. The molecule has 170 valence electrons. The zero-order valence-corrected chi connectivity index (χ0v) is 18.8. The molecule has 0 saturated heterocycles. The number of benzene rings is 3. The maximum atomic E-state index is 12.9. The second-order valence-electron chi connectivity index (χ2n) is 8.06. The zero-order valence-electron chi connectivity index (χ0n) is 18.8. The van der Waals surface area contributed by atoms with E-state index in [9.17, 15) is 14.4 Å². The summed E-state index contributed by atoms with van der Waals surface area (Å²) in [6.07, 6.45) is 0. The molecule has 2 heterocycles. The van der Waals surface area contributed by atoms with Gasteiger partial charge in [-0.05, 0) is 56.3 Å². The lowest BCUT2D eigenvalue weighted by atomic mass is 10.1. The number of hydrogen-bond donors (Lipinski definition) is 2. The highest BCUT2D eigenvalue weighted by Gasteiger charge is 2.15. The van der Waals surface area contributed by atoms with Crippen molar-refractivity contribution in [3.63, 3.8) is 0 Å². The molecule has 0 radical (unpaired) electrons. The number of aromatic nitrogens is 3. The maximum Gasteiger partial charge on any atom is 0.269 e. The van der Waals surface area contributed by atoms with Crippen molar-refractivity contribution >= 4 is 44.7 Å². The number of rotatable bonds is 4. The Morgan fingerprint density at radius 2 is 1.50 bits per heavy atom. The van der Waals surface area contributed by atoms with Gasteiger partial charge in [0, 0.05) is 22.9 Å². The Hall–Kier alpha value is -4.46. The lowest BCUT2D eigenvalue weighted by molar-refractivity contribution is -0.122. The van der Waals surface area contributed by atoms with E-state index in [1.54, 1.807) is 41.0 Å². The van der Waals surface area contributed by atoms with Crippen LogP contribution in [-0.4, -0.2) is 25.9 Å². The molecule has 0 aliphatic carbocycles. The minimum Gasteiger partial charge on any atom is -0.331 e. The van der Waals surface area contributed by atoms with E-state index in [2.05, 4.69) is 20.4 Å². The molecular weight excluding hydrogens is 430 g/mol. The van der Waals surface area contributed by atoms with Gasteiger partial charge in [-0.25, -0.2) is 4.98 Å². The van der Waals surface area contributed by atoms with Crippen molar-refractivity contribution in [2.24, 2.45) is 0 Å². The van der Waals surface area contributed by atoms with Crippen LogP contribution in [0.2, 0.25) is 0 Å². The number of carbonyl (C=O) groups excluding carboxylic acids is 2. The molecule has 0 fully saturated rings. The first-order valence-corrected chi connectivity index (χ1v) is 11.0. The molecular formula is C26H23N5O3. The Kier molecular flexibility index (Phi) is 5.33. The number of hydrogen-bond acceptors (Lipinski definition) is 4. The van der Waals surface area contributed by atoms with Crippen LogP contribution in [0.15, 0.2) is 71.5 Å². The van der Waals surface area contributed by atoms with Crippen molar-refractivity contribution in [3.05, 3.63) is 88.3 Å². The highest BCUT2D eigenvalue weighted by Crippen LogP contribution is 2.19. The van der Waals surface area contributed by atoms with Gasteiger partial charge in [-0.1, -0.05) is 24.3 Å². The van der Waals surface area contributed by atoms with Gasteiger partial charge in [0.2, 0.25) is 0 Å². The van der Waals surface area contributed by atoms with Crippen LogP contribution in [0, 0.1) is 6.92 Å². The molecule has 2 aromatic heterocycles. The highest BCUT2D eigenvalue weighted by atomic mass is 16.2. The van der Waals surface area contributed by atoms with Crippen molar-refractivity contribution in [1.82, 2.24) is 25.0 Å². The summed E-state index contributed by atoms with van der Waals surface area (Å²) in [5, 5.41) is 1.07. The topological polar surface area (TPSA) is 98.0 Å². The molecule has 0 unspecified atom stereocenters. The summed E-state index contributed by atoms with van der Waals surface area (Å²) in [5.74, 6) is 0.0250. The van der Waals surface area contributed by atoms with E-state index in [4.69, 9.17) is 0 Å². The van der Waals surface area contributed by atoms with Gasteiger partial charge in [-0.15, -0.1) is 0 Å². The Morgan fingerprint density at radius 1 is 0.853 bits per heavy atom. The fourth-order valence-corrected chi connectivity index (χ4v) is 4.42. The number of para-hydroxylation sites is 2. The molecule has 8 nitrogen and oxygen atoms in total. The van der Waals surface area contributed by atoms with Gasteiger partial charge >= 0.3 is 0 Å². The Bertz CT molecular complexity index is 1590.